The van der Waals surface area contributed by atoms with Gasteiger partial charge < -0.3 is 20.4 Å². The van der Waals surface area contributed by atoms with E-state index in [0.29, 0.717) is 12.2 Å². The molecule has 0 atom stereocenters. The Bertz CT molecular complexity index is 887. The second-order valence-corrected chi connectivity index (χ2v) is 5.81. The lowest BCUT2D eigenvalue weighted by Crippen LogP contribution is -2.28. The molecular formula is C20H19N3O3. The molecule has 0 radical (unpaired) electrons. The van der Waals surface area contributed by atoms with Gasteiger partial charge in [0.05, 0.1) is 6.26 Å². The minimum Gasteiger partial charge on any atom is -0.459 e. The first-order valence-corrected chi connectivity index (χ1v) is 8.15. The summed E-state index contributed by atoms with van der Waals surface area (Å²) in [6, 6.07) is 17.8. The predicted octanol–water partition coefficient (Wildman–Crippen LogP) is 4.16. The molecule has 3 aromatic rings. The molecule has 0 unspecified atom stereocenters. The number of rotatable bonds is 5. The zero-order valence-corrected chi connectivity index (χ0v) is 14.3. The van der Waals surface area contributed by atoms with Crippen LogP contribution in [-0.2, 0) is 6.54 Å². The van der Waals surface area contributed by atoms with Gasteiger partial charge in [0.25, 0.3) is 5.91 Å². The maximum atomic E-state index is 12.0. The monoisotopic (exact) mass is 349 g/mol. The van der Waals surface area contributed by atoms with Crippen LogP contribution in [0.25, 0.3) is 0 Å². The van der Waals surface area contributed by atoms with E-state index in [1.807, 2.05) is 43.3 Å². The van der Waals surface area contributed by atoms with Crippen LogP contribution < -0.4 is 16.0 Å². The van der Waals surface area contributed by atoms with Crippen molar-refractivity contribution >= 4 is 23.3 Å². The fourth-order valence-electron chi connectivity index (χ4n) is 2.39. The van der Waals surface area contributed by atoms with Gasteiger partial charge in [0, 0.05) is 17.9 Å². The number of hydrogen-bond acceptors (Lipinski definition) is 3. The molecule has 0 spiro atoms. The summed E-state index contributed by atoms with van der Waals surface area (Å²) >= 11 is 0. The zero-order valence-electron chi connectivity index (χ0n) is 14.3. The number of amides is 3. The highest BCUT2D eigenvalue weighted by atomic mass is 16.3. The van der Waals surface area contributed by atoms with Crippen LogP contribution in [0.2, 0.25) is 0 Å². The third-order valence-corrected chi connectivity index (χ3v) is 3.69. The largest absolute Gasteiger partial charge is 0.459 e. The Morgan fingerprint density at radius 3 is 2.42 bits per heavy atom. The lowest BCUT2D eigenvalue weighted by atomic mass is 10.2. The van der Waals surface area contributed by atoms with Crippen LogP contribution in [-0.4, -0.2) is 11.9 Å². The molecule has 6 nitrogen and oxygen atoms in total. The zero-order chi connectivity index (χ0) is 18.4. The fourth-order valence-corrected chi connectivity index (χ4v) is 2.39. The van der Waals surface area contributed by atoms with Crippen molar-refractivity contribution in [2.45, 2.75) is 13.5 Å². The van der Waals surface area contributed by atoms with Crippen molar-refractivity contribution in [3.8, 4) is 0 Å². The second-order valence-electron chi connectivity index (χ2n) is 5.81. The third-order valence-electron chi connectivity index (χ3n) is 3.69. The minimum absolute atomic E-state index is 0.253. The van der Waals surface area contributed by atoms with Gasteiger partial charge in [-0.05, 0) is 54.4 Å². The fraction of sp³-hybridized carbons (Fsp3) is 0.100. The minimum atomic E-state index is -0.307. The molecule has 3 rings (SSSR count). The molecular weight excluding hydrogens is 330 g/mol. The molecule has 6 heteroatoms. The number of anilines is 2. The van der Waals surface area contributed by atoms with Crippen LogP contribution in [0.5, 0.6) is 0 Å². The van der Waals surface area contributed by atoms with E-state index >= 15 is 0 Å². The summed E-state index contributed by atoms with van der Waals surface area (Å²) < 4.78 is 5.05. The van der Waals surface area contributed by atoms with Crippen LogP contribution in [0.15, 0.2) is 71.3 Å². The van der Waals surface area contributed by atoms with Gasteiger partial charge in [0.1, 0.15) is 0 Å². The maximum absolute atomic E-state index is 12.0. The summed E-state index contributed by atoms with van der Waals surface area (Å²) in [5.74, 6) is -0.0537. The number of aryl methyl sites for hydroxylation is 1. The first kappa shape index (κ1) is 17.3. The number of urea groups is 1. The number of furan rings is 1. The van der Waals surface area contributed by atoms with E-state index in [9.17, 15) is 9.59 Å². The smallest absolute Gasteiger partial charge is 0.319 e. The summed E-state index contributed by atoms with van der Waals surface area (Å²) in [6.45, 7) is 2.35. The number of carbonyl (C=O) groups is 2. The molecule has 0 aliphatic heterocycles. The predicted molar refractivity (Wildman–Crippen MR) is 100 cm³/mol. The molecule has 0 aliphatic carbocycles. The first-order valence-electron chi connectivity index (χ1n) is 8.15. The molecule has 1 heterocycles. The molecule has 0 bridgehead atoms. The Balaban J connectivity index is 1.49. The molecule has 26 heavy (non-hydrogen) atoms. The second kappa shape index (κ2) is 8.02. The molecule has 0 fully saturated rings. The van der Waals surface area contributed by atoms with Crippen LogP contribution in [0.1, 0.15) is 21.7 Å². The van der Waals surface area contributed by atoms with E-state index < -0.39 is 0 Å². The molecule has 3 amide bonds. The average Bonchev–Trinajstić information content (AvgIpc) is 3.16. The van der Waals surface area contributed by atoms with Gasteiger partial charge >= 0.3 is 6.03 Å². The van der Waals surface area contributed by atoms with Crippen molar-refractivity contribution in [3.63, 3.8) is 0 Å². The van der Waals surface area contributed by atoms with Gasteiger partial charge in [-0.25, -0.2) is 4.79 Å². The SMILES string of the molecule is Cc1cccc(NC(=O)NCc2ccc(NC(=O)c3ccco3)cc2)c1. The highest BCUT2D eigenvalue weighted by Gasteiger charge is 2.08. The van der Waals surface area contributed by atoms with Gasteiger partial charge in [0.2, 0.25) is 0 Å². The van der Waals surface area contributed by atoms with E-state index in [2.05, 4.69) is 16.0 Å². The highest BCUT2D eigenvalue weighted by molar-refractivity contribution is 6.02. The first-order chi connectivity index (χ1) is 12.6. The van der Waals surface area contributed by atoms with E-state index in [-0.39, 0.29) is 17.7 Å². The number of nitrogens with one attached hydrogen (secondary N) is 3. The Kier molecular flexibility index (Phi) is 5.34. The topological polar surface area (TPSA) is 83.4 Å². The number of carbonyl (C=O) groups excluding carboxylic acids is 2. The molecule has 3 N–H and O–H groups in total. The van der Waals surface area contributed by atoms with Gasteiger partial charge in [-0.3, -0.25) is 4.79 Å². The summed E-state index contributed by atoms with van der Waals surface area (Å²) in [4.78, 5) is 23.9. The van der Waals surface area contributed by atoms with E-state index in [1.165, 1.54) is 6.26 Å². The maximum Gasteiger partial charge on any atom is 0.319 e. The van der Waals surface area contributed by atoms with E-state index in [4.69, 9.17) is 4.42 Å². The normalized spacial score (nSPS) is 10.2. The molecule has 1 aromatic heterocycles. The quantitative estimate of drug-likeness (QED) is 0.647. The van der Waals surface area contributed by atoms with Crippen LogP contribution >= 0.6 is 0 Å². The van der Waals surface area contributed by atoms with Crippen molar-refractivity contribution in [3.05, 3.63) is 83.8 Å². The van der Waals surface area contributed by atoms with E-state index in [0.717, 1.165) is 16.8 Å². The molecule has 2 aromatic carbocycles. The summed E-state index contributed by atoms with van der Waals surface area (Å²) in [7, 11) is 0. The van der Waals surface area contributed by atoms with Crippen molar-refractivity contribution < 1.29 is 14.0 Å². The Hall–Kier alpha value is -3.54. The lowest BCUT2D eigenvalue weighted by molar-refractivity contribution is 0.0996. The van der Waals surface area contributed by atoms with Gasteiger partial charge in [0.15, 0.2) is 5.76 Å². The summed E-state index contributed by atoms with van der Waals surface area (Å²) in [6.07, 6.45) is 1.45. The van der Waals surface area contributed by atoms with Crippen molar-refractivity contribution in [2.24, 2.45) is 0 Å². The van der Waals surface area contributed by atoms with Gasteiger partial charge in [-0.1, -0.05) is 24.3 Å². The third kappa shape index (κ3) is 4.73. The number of hydrogen-bond donors (Lipinski definition) is 3. The van der Waals surface area contributed by atoms with Crippen LogP contribution in [0, 0.1) is 6.92 Å². The standard InChI is InChI=1S/C20H19N3O3/c1-14-4-2-5-17(12-14)23-20(25)21-13-15-7-9-16(10-8-15)22-19(24)18-6-3-11-26-18/h2-12H,13H2,1H3,(H,22,24)(H2,21,23,25). The molecule has 0 saturated heterocycles. The number of benzene rings is 2. The summed E-state index contributed by atoms with van der Waals surface area (Å²) in [5.41, 5.74) is 3.40. The highest BCUT2D eigenvalue weighted by Crippen LogP contribution is 2.12. The van der Waals surface area contributed by atoms with Crippen molar-refractivity contribution in [1.29, 1.82) is 0 Å². The van der Waals surface area contributed by atoms with Crippen molar-refractivity contribution in [2.75, 3.05) is 10.6 Å². The van der Waals surface area contributed by atoms with Crippen molar-refractivity contribution in [1.82, 2.24) is 5.32 Å². The molecule has 0 aliphatic rings. The Labute approximate surface area is 151 Å². The average molecular weight is 349 g/mol. The van der Waals surface area contributed by atoms with E-state index in [1.54, 1.807) is 24.3 Å². The van der Waals surface area contributed by atoms with Gasteiger partial charge in [-0.15, -0.1) is 0 Å². The Morgan fingerprint density at radius 1 is 0.923 bits per heavy atom. The molecule has 132 valence electrons. The Morgan fingerprint density at radius 2 is 1.73 bits per heavy atom. The molecule has 0 saturated carbocycles. The summed E-state index contributed by atoms with van der Waals surface area (Å²) in [5, 5.41) is 8.33. The van der Waals surface area contributed by atoms with Crippen LogP contribution in [0.3, 0.4) is 0 Å². The lowest BCUT2D eigenvalue weighted by Gasteiger charge is -2.09. The van der Waals surface area contributed by atoms with Gasteiger partial charge in [-0.2, -0.15) is 0 Å². The van der Waals surface area contributed by atoms with Crippen LogP contribution in [0.4, 0.5) is 16.2 Å².